The highest BCUT2D eigenvalue weighted by molar-refractivity contribution is 7.38. The van der Waals surface area contributed by atoms with Crippen LogP contribution in [0.2, 0.25) is 0 Å². The van der Waals surface area contributed by atoms with Crippen molar-refractivity contribution in [1.82, 2.24) is 4.90 Å². The molecule has 0 amide bonds. The summed E-state index contributed by atoms with van der Waals surface area (Å²) in [6, 6.07) is 0. The molecule has 0 bridgehead atoms. The topological polar surface area (TPSA) is 77.8 Å². The third kappa shape index (κ3) is 18.3. The van der Waals surface area contributed by atoms with E-state index in [1.165, 1.54) is 64.2 Å². The molecule has 0 heterocycles. The first-order valence-electron chi connectivity index (χ1n) is 9.05. The van der Waals surface area contributed by atoms with Crippen molar-refractivity contribution in [1.29, 1.82) is 0 Å². The van der Waals surface area contributed by atoms with Crippen LogP contribution >= 0.6 is 16.1 Å². The van der Waals surface area contributed by atoms with E-state index in [4.69, 9.17) is 9.79 Å². The number of hydrogen-bond donors (Lipinski definition) is 2. The van der Waals surface area contributed by atoms with Crippen molar-refractivity contribution in [2.45, 2.75) is 84.0 Å². The molecule has 0 saturated heterocycles. The normalized spacial score (nSPS) is 12.7. The maximum absolute atomic E-state index is 10.8. The maximum atomic E-state index is 10.8. The lowest BCUT2D eigenvalue weighted by atomic mass is 10.1. The average Bonchev–Trinajstić information content (AvgIpc) is 2.47. The average molecular weight is 367 g/mol. The van der Waals surface area contributed by atoms with Crippen molar-refractivity contribution < 1.29 is 18.9 Å². The number of unbranched alkanes of at least 4 members (excludes halogenated alkanes) is 11. The van der Waals surface area contributed by atoms with E-state index in [-0.39, 0.29) is 12.6 Å². The first kappa shape index (κ1) is 23.1. The second-order valence-electron chi connectivity index (χ2n) is 6.27. The Bertz CT molecular complexity index is 300. The fourth-order valence-corrected chi connectivity index (χ4v) is 4.03. The predicted molar refractivity (Wildman–Crippen MR) is 97.2 cm³/mol. The zero-order valence-corrected chi connectivity index (χ0v) is 16.4. The highest BCUT2D eigenvalue weighted by atomic mass is 31.1. The van der Waals surface area contributed by atoms with Crippen LogP contribution < -0.4 is 0 Å². The van der Waals surface area contributed by atoms with E-state index in [1.54, 1.807) is 4.90 Å². The van der Waals surface area contributed by atoms with Crippen LogP contribution in [0, 0.1) is 0 Å². The summed E-state index contributed by atoms with van der Waals surface area (Å²) < 4.78 is 21.7. The molecule has 0 aromatic heterocycles. The number of hydrogen-bond acceptors (Lipinski definition) is 3. The summed E-state index contributed by atoms with van der Waals surface area (Å²) in [7, 11) is -4.55. The van der Waals surface area contributed by atoms with E-state index in [2.05, 4.69) is 6.92 Å². The number of nitrogens with zero attached hydrogens (tertiary/aromatic N) is 1. The minimum atomic E-state index is -2.27. The van der Waals surface area contributed by atoms with Crippen LogP contribution in [0.15, 0.2) is 0 Å². The second-order valence-corrected chi connectivity index (χ2v) is 8.25. The predicted octanol–water partition coefficient (Wildman–Crippen LogP) is 5.37. The van der Waals surface area contributed by atoms with Crippen LogP contribution in [-0.4, -0.2) is 33.8 Å². The molecule has 0 spiro atoms. The molecule has 0 aliphatic carbocycles. The molecule has 0 saturated carbocycles. The van der Waals surface area contributed by atoms with E-state index in [1.807, 2.05) is 0 Å². The Balaban J connectivity index is 3.42. The largest absolute Gasteiger partial charge is 0.521 e. The fraction of sp³-hybridized carbons (Fsp3) is 1.00. The van der Waals surface area contributed by atoms with Crippen LogP contribution in [0.5, 0.6) is 0 Å². The van der Waals surface area contributed by atoms with Gasteiger partial charge in [0.15, 0.2) is 0 Å². The molecule has 0 aromatic rings. The first-order valence-corrected chi connectivity index (χ1v) is 11.8. The fourth-order valence-electron chi connectivity index (χ4n) is 2.70. The molecule has 0 aliphatic rings. The molecule has 0 rings (SSSR count). The molecule has 0 fully saturated rings. The Morgan fingerprint density at radius 1 is 0.652 bits per heavy atom. The molecule has 2 atom stereocenters. The van der Waals surface area contributed by atoms with Gasteiger partial charge in [-0.25, -0.2) is 4.90 Å². The summed E-state index contributed by atoms with van der Waals surface area (Å²) in [6.07, 6.45) is 15.2. The van der Waals surface area contributed by atoms with Crippen molar-refractivity contribution in [3.8, 4) is 0 Å². The van der Waals surface area contributed by atoms with Crippen LogP contribution in [0.3, 0.4) is 0 Å². The van der Waals surface area contributed by atoms with Crippen LogP contribution in [0.1, 0.15) is 84.0 Å². The summed E-state index contributed by atoms with van der Waals surface area (Å²) in [6.45, 7) is 2.87. The van der Waals surface area contributed by atoms with Gasteiger partial charge in [-0.2, -0.15) is 9.79 Å². The van der Waals surface area contributed by atoms with Gasteiger partial charge in [-0.3, -0.25) is 0 Å². The Morgan fingerprint density at radius 2 is 1.00 bits per heavy atom. The van der Waals surface area contributed by atoms with Gasteiger partial charge in [-0.1, -0.05) is 77.6 Å². The van der Waals surface area contributed by atoms with Crippen LogP contribution in [0.25, 0.3) is 0 Å². The molecule has 23 heavy (non-hydrogen) atoms. The lowest BCUT2D eigenvalue weighted by Gasteiger charge is -2.10. The Morgan fingerprint density at radius 3 is 1.35 bits per heavy atom. The third-order valence-electron chi connectivity index (χ3n) is 3.97. The minimum Gasteiger partial charge on any atom is -0.215 e. The summed E-state index contributed by atoms with van der Waals surface area (Å²) >= 11 is 0. The van der Waals surface area contributed by atoms with E-state index in [0.29, 0.717) is 6.54 Å². The minimum absolute atomic E-state index is 0.00496. The molecule has 5 nitrogen and oxygen atoms in total. The summed E-state index contributed by atoms with van der Waals surface area (Å²) in [4.78, 5) is 19.5. The van der Waals surface area contributed by atoms with Gasteiger partial charge in [0, 0.05) is 6.54 Å². The Kier molecular flexibility index (Phi) is 17.0. The van der Waals surface area contributed by atoms with Crippen molar-refractivity contribution in [2.75, 3.05) is 19.1 Å². The summed E-state index contributed by atoms with van der Waals surface area (Å²) in [5.74, 6) is 0. The first-order chi connectivity index (χ1) is 11.1. The molecule has 7 heteroatoms. The smallest absolute Gasteiger partial charge is 0.215 e. The van der Waals surface area contributed by atoms with Gasteiger partial charge in [0.2, 0.25) is 12.6 Å². The zero-order valence-electron chi connectivity index (χ0n) is 14.7. The van der Waals surface area contributed by atoms with Gasteiger partial charge in [0.1, 0.15) is 0 Å². The lowest BCUT2D eigenvalue weighted by Crippen LogP contribution is -2.23. The monoisotopic (exact) mass is 367 g/mol. The van der Waals surface area contributed by atoms with E-state index >= 15 is 0 Å². The third-order valence-corrected chi connectivity index (χ3v) is 5.25. The SMILES string of the molecule is CCCCCCCCCCCCCCN(C[P+](=O)O)C[P+](=O)O. The van der Waals surface area contributed by atoms with Gasteiger partial charge in [-0.05, 0) is 15.6 Å². The summed E-state index contributed by atoms with van der Waals surface area (Å²) in [5, 5.41) is 0. The molecule has 2 N–H and O–H groups in total. The van der Waals surface area contributed by atoms with Crippen molar-refractivity contribution in [3.63, 3.8) is 0 Å². The maximum Gasteiger partial charge on any atom is 0.521 e. The van der Waals surface area contributed by atoms with E-state index in [9.17, 15) is 9.13 Å². The second kappa shape index (κ2) is 16.9. The van der Waals surface area contributed by atoms with Crippen molar-refractivity contribution in [3.05, 3.63) is 0 Å². The quantitative estimate of drug-likeness (QED) is 0.267. The molecule has 0 aliphatic heterocycles. The van der Waals surface area contributed by atoms with Gasteiger partial charge in [0.05, 0.1) is 0 Å². The molecular weight excluding hydrogens is 332 g/mol. The highest BCUT2D eigenvalue weighted by Gasteiger charge is 2.25. The molecule has 0 radical (unpaired) electrons. The standard InChI is InChI=1S/C16H33NO4P2/c1-2-3-4-5-6-7-8-9-10-11-12-13-14-17(15-22(18)19)16-23(20)21/h2-16H2,1H3/p+2. The van der Waals surface area contributed by atoms with Gasteiger partial charge < -0.3 is 0 Å². The molecular formula is C16H35NO4P2+2. The lowest BCUT2D eigenvalue weighted by molar-refractivity contribution is 0.328. The van der Waals surface area contributed by atoms with Crippen LogP contribution in [-0.2, 0) is 9.13 Å². The molecule has 0 aromatic carbocycles. The highest BCUT2D eigenvalue weighted by Crippen LogP contribution is 2.22. The van der Waals surface area contributed by atoms with E-state index in [0.717, 1.165) is 12.8 Å². The Hall–Kier alpha value is 0.0800. The van der Waals surface area contributed by atoms with Crippen molar-refractivity contribution in [2.24, 2.45) is 0 Å². The van der Waals surface area contributed by atoms with Gasteiger partial charge >= 0.3 is 16.1 Å². The molecule has 136 valence electrons. The molecule has 2 unspecified atom stereocenters. The Labute approximate surface area is 143 Å². The number of rotatable bonds is 17. The van der Waals surface area contributed by atoms with Crippen molar-refractivity contribution >= 4 is 16.1 Å². The van der Waals surface area contributed by atoms with Crippen LogP contribution in [0.4, 0.5) is 0 Å². The van der Waals surface area contributed by atoms with Gasteiger partial charge in [0.25, 0.3) is 0 Å². The summed E-state index contributed by atoms with van der Waals surface area (Å²) in [5.41, 5.74) is 0. The zero-order chi connectivity index (χ0) is 17.3. The van der Waals surface area contributed by atoms with Gasteiger partial charge in [-0.15, -0.1) is 0 Å². The van der Waals surface area contributed by atoms with E-state index < -0.39 is 16.1 Å².